The number of H-pyrrole nitrogens is 1. The SMILES string of the molecule is CCCCOc1ccc(-c2[nH]c3cc(C(=O)NC(CO)C(=O)O)nn3c(=O)c2C2CCCCC2)cc1. The van der Waals surface area contributed by atoms with Crippen LogP contribution < -0.4 is 15.6 Å². The molecule has 3 aromatic rings. The van der Waals surface area contributed by atoms with Crippen molar-refractivity contribution in [3.05, 3.63) is 51.9 Å². The van der Waals surface area contributed by atoms with Crippen molar-refractivity contribution in [3.63, 3.8) is 0 Å². The second kappa shape index (κ2) is 11.4. The van der Waals surface area contributed by atoms with E-state index in [1.807, 2.05) is 24.3 Å². The maximum atomic E-state index is 13.7. The Morgan fingerprint density at radius 1 is 1.22 bits per heavy atom. The number of carboxylic acids is 1. The van der Waals surface area contributed by atoms with Crippen molar-refractivity contribution in [1.29, 1.82) is 0 Å². The van der Waals surface area contributed by atoms with Gasteiger partial charge in [-0.05, 0) is 55.0 Å². The molecule has 4 rings (SSSR count). The van der Waals surface area contributed by atoms with Crippen molar-refractivity contribution in [2.24, 2.45) is 0 Å². The quantitative estimate of drug-likeness (QED) is 0.316. The average molecular weight is 497 g/mol. The number of nitrogens with zero attached hydrogens (tertiary/aromatic N) is 2. The molecular weight excluding hydrogens is 464 g/mol. The number of carboxylic acid groups (broad SMARTS) is 1. The van der Waals surface area contributed by atoms with Gasteiger partial charge in [0.05, 0.1) is 18.9 Å². The van der Waals surface area contributed by atoms with Gasteiger partial charge in [0.15, 0.2) is 11.7 Å². The molecule has 4 N–H and O–H groups in total. The molecule has 1 fully saturated rings. The summed E-state index contributed by atoms with van der Waals surface area (Å²) in [7, 11) is 0. The maximum absolute atomic E-state index is 13.7. The molecule has 10 heteroatoms. The number of unbranched alkanes of at least 4 members (excludes halogenated alkanes) is 1. The zero-order valence-corrected chi connectivity index (χ0v) is 20.3. The number of aromatic nitrogens is 3. The molecule has 0 aliphatic heterocycles. The second-order valence-electron chi connectivity index (χ2n) is 9.15. The normalized spacial score (nSPS) is 15.1. The van der Waals surface area contributed by atoms with E-state index in [9.17, 15) is 19.5 Å². The largest absolute Gasteiger partial charge is 0.494 e. The predicted octanol–water partition coefficient (Wildman–Crippen LogP) is 3.09. The summed E-state index contributed by atoms with van der Waals surface area (Å²) in [5, 5.41) is 24.7. The van der Waals surface area contributed by atoms with Crippen LogP contribution in [-0.4, -0.2) is 55.9 Å². The molecule has 1 aromatic carbocycles. The molecule has 0 saturated heterocycles. The zero-order chi connectivity index (χ0) is 25.7. The summed E-state index contributed by atoms with van der Waals surface area (Å²) < 4.78 is 6.94. The number of ether oxygens (including phenoxy) is 1. The average Bonchev–Trinajstić information content (AvgIpc) is 3.33. The summed E-state index contributed by atoms with van der Waals surface area (Å²) in [6.45, 7) is 1.99. The lowest BCUT2D eigenvalue weighted by Crippen LogP contribution is -2.43. The summed E-state index contributed by atoms with van der Waals surface area (Å²) in [6, 6.07) is 7.53. The van der Waals surface area contributed by atoms with Crippen LogP contribution in [0.15, 0.2) is 35.1 Å². The van der Waals surface area contributed by atoms with Crippen molar-refractivity contribution >= 4 is 17.5 Å². The minimum absolute atomic E-state index is 0.0645. The molecule has 1 unspecified atom stereocenters. The fourth-order valence-electron chi connectivity index (χ4n) is 4.62. The summed E-state index contributed by atoms with van der Waals surface area (Å²) in [4.78, 5) is 40.7. The van der Waals surface area contributed by atoms with Gasteiger partial charge in [0.2, 0.25) is 0 Å². The lowest BCUT2D eigenvalue weighted by atomic mass is 9.83. The Labute approximate surface area is 208 Å². The third-order valence-electron chi connectivity index (χ3n) is 6.60. The number of aliphatic carboxylic acids is 1. The monoisotopic (exact) mass is 496 g/mol. The number of hydrogen-bond donors (Lipinski definition) is 4. The number of hydrogen-bond acceptors (Lipinski definition) is 6. The third kappa shape index (κ3) is 5.43. The molecule has 1 amide bonds. The van der Waals surface area contributed by atoms with E-state index in [0.717, 1.165) is 56.3 Å². The van der Waals surface area contributed by atoms with Gasteiger partial charge in [-0.25, -0.2) is 4.79 Å². The van der Waals surface area contributed by atoms with Gasteiger partial charge in [-0.3, -0.25) is 9.59 Å². The Hall–Kier alpha value is -3.66. The molecule has 10 nitrogen and oxygen atoms in total. The first kappa shape index (κ1) is 25.4. The van der Waals surface area contributed by atoms with Crippen LogP contribution in [0.4, 0.5) is 0 Å². The summed E-state index contributed by atoms with van der Waals surface area (Å²) >= 11 is 0. The van der Waals surface area contributed by atoms with Crippen molar-refractivity contribution in [2.75, 3.05) is 13.2 Å². The van der Waals surface area contributed by atoms with Crippen LogP contribution in [0.5, 0.6) is 5.75 Å². The van der Waals surface area contributed by atoms with Gasteiger partial charge in [0.25, 0.3) is 11.5 Å². The number of carbonyl (C=O) groups excluding carboxylic acids is 1. The van der Waals surface area contributed by atoms with E-state index in [0.29, 0.717) is 23.5 Å². The van der Waals surface area contributed by atoms with Gasteiger partial charge < -0.3 is 25.3 Å². The van der Waals surface area contributed by atoms with Gasteiger partial charge in [-0.1, -0.05) is 32.6 Å². The lowest BCUT2D eigenvalue weighted by Gasteiger charge is -2.23. The molecule has 1 saturated carbocycles. The van der Waals surface area contributed by atoms with Crippen LogP contribution in [0.2, 0.25) is 0 Å². The molecule has 0 spiro atoms. The van der Waals surface area contributed by atoms with Crippen LogP contribution in [0.1, 0.15) is 73.8 Å². The van der Waals surface area contributed by atoms with E-state index in [1.54, 1.807) is 0 Å². The highest BCUT2D eigenvalue weighted by molar-refractivity contribution is 5.95. The molecule has 36 heavy (non-hydrogen) atoms. The van der Waals surface area contributed by atoms with Crippen molar-refractivity contribution in [3.8, 4) is 17.0 Å². The van der Waals surface area contributed by atoms with Crippen molar-refractivity contribution in [1.82, 2.24) is 19.9 Å². The van der Waals surface area contributed by atoms with E-state index in [4.69, 9.17) is 9.84 Å². The molecule has 2 aromatic heterocycles. The zero-order valence-electron chi connectivity index (χ0n) is 20.3. The topological polar surface area (TPSA) is 146 Å². The van der Waals surface area contributed by atoms with Gasteiger partial charge in [-0.15, -0.1) is 0 Å². The molecule has 192 valence electrons. The van der Waals surface area contributed by atoms with Gasteiger partial charge in [-0.2, -0.15) is 9.61 Å². The van der Waals surface area contributed by atoms with E-state index in [1.165, 1.54) is 10.6 Å². The van der Waals surface area contributed by atoms with Gasteiger partial charge >= 0.3 is 5.97 Å². The smallest absolute Gasteiger partial charge is 0.328 e. The van der Waals surface area contributed by atoms with Crippen LogP contribution >= 0.6 is 0 Å². The van der Waals surface area contributed by atoms with E-state index in [2.05, 4.69) is 22.3 Å². The number of aliphatic hydroxyl groups is 1. The number of aliphatic hydroxyl groups excluding tert-OH is 1. The van der Waals surface area contributed by atoms with Gasteiger partial charge in [0, 0.05) is 11.6 Å². The Morgan fingerprint density at radius 2 is 1.94 bits per heavy atom. The minimum Gasteiger partial charge on any atom is -0.494 e. The van der Waals surface area contributed by atoms with Crippen LogP contribution in [-0.2, 0) is 4.79 Å². The van der Waals surface area contributed by atoms with E-state index >= 15 is 0 Å². The molecule has 1 aliphatic carbocycles. The van der Waals surface area contributed by atoms with Crippen LogP contribution in [0.3, 0.4) is 0 Å². The summed E-state index contributed by atoms with van der Waals surface area (Å²) in [5.74, 6) is -1.33. The highest BCUT2D eigenvalue weighted by Gasteiger charge is 2.27. The van der Waals surface area contributed by atoms with E-state index < -0.39 is 24.5 Å². The highest BCUT2D eigenvalue weighted by Crippen LogP contribution is 2.36. The lowest BCUT2D eigenvalue weighted by molar-refractivity contribution is -0.140. The van der Waals surface area contributed by atoms with Gasteiger partial charge in [0.1, 0.15) is 11.4 Å². The fourth-order valence-corrected chi connectivity index (χ4v) is 4.62. The van der Waals surface area contributed by atoms with E-state index in [-0.39, 0.29) is 17.2 Å². The van der Waals surface area contributed by atoms with Crippen LogP contribution in [0, 0.1) is 0 Å². The number of nitrogens with one attached hydrogen (secondary N) is 2. The summed E-state index contributed by atoms with van der Waals surface area (Å²) in [6.07, 6.45) is 7.02. The molecule has 1 aliphatic rings. The molecule has 0 radical (unpaired) electrons. The molecule has 2 heterocycles. The molecule has 0 bridgehead atoms. The Kier molecular flexibility index (Phi) is 8.04. The number of fused-ring (bicyclic) bond motifs is 1. The van der Waals surface area contributed by atoms with Crippen molar-refractivity contribution < 1.29 is 24.5 Å². The summed E-state index contributed by atoms with van der Waals surface area (Å²) in [5.41, 5.74) is 2.05. The first-order chi connectivity index (χ1) is 17.4. The molecular formula is C26H32N4O6. The Bertz CT molecular complexity index is 1270. The number of benzene rings is 1. The Balaban J connectivity index is 1.75. The number of carbonyl (C=O) groups is 2. The first-order valence-electron chi connectivity index (χ1n) is 12.5. The third-order valence-corrected chi connectivity index (χ3v) is 6.60. The standard InChI is InChI=1S/C26H32N4O6/c1-2-3-13-36-18-11-9-17(10-12-18)23-22(16-7-5-4-6-8-16)25(33)30-21(28-23)14-19(29-30)24(32)27-20(15-31)26(34)35/h9-12,14,16,20,28,31H,2-8,13,15H2,1H3,(H,27,32)(H,34,35). The maximum Gasteiger partial charge on any atom is 0.328 e. The van der Waals surface area contributed by atoms with Crippen LogP contribution in [0.25, 0.3) is 16.9 Å². The first-order valence-corrected chi connectivity index (χ1v) is 12.5. The Morgan fingerprint density at radius 3 is 2.58 bits per heavy atom. The van der Waals surface area contributed by atoms with Crippen molar-refractivity contribution in [2.45, 2.75) is 63.8 Å². The fraction of sp³-hybridized carbons (Fsp3) is 0.462. The number of amides is 1. The molecule has 1 atom stereocenters. The predicted molar refractivity (Wildman–Crippen MR) is 133 cm³/mol. The number of rotatable bonds is 10. The second-order valence-corrected chi connectivity index (χ2v) is 9.15. The highest BCUT2D eigenvalue weighted by atomic mass is 16.5. The number of aromatic amines is 1. The minimum atomic E-state index is -1.47.